The quantitative estimate of drug-likeness (QED) is 0.275. The molecule has 15 heteroatoms. The van der Waals surface area contributed by atoms with Gasteiger partial charge in [0.25, 0.3) is 11.5 Å². The molecule has 1 aliphatic carbocycles. The largest absolute Gasteiger partial charge is 0.496 e. The lowest BCUT2D eigenvalue weighted by molar-refractivity contribution is -0.130. The van der Waals surface area contributed by atoms with Crippen molar-refractivity contribution in [3.63, 3.8) is 0 Å². The maximum atomic E-state index is 14.9. The van der Waals surface area contributed by atoms with Crippen molar-refractivity contribution in [2.45, 2.75) is 24.9 Å². The number of nitrogens with zero attached hydrogens (tertiary/aromatic N) is 1. The molecule has 1 aromatic heterocycles. The molecule has 3 aliphatic rings. The van der Waals surface area contributed by atoms with E-state index in [9.17, 15) is 19.2 Å². The molecule has 0 bridgehead atoms. The van der Waals surface area contributed by atoms with E-state index in [2.05, 4.69) is 15.3 Å². The van der Waals surface area contributed by atoms with Gasteiger partial charge in [-0.3, -0.25) is 24.2 Å². The first-order valence-corrected chi connectivity index (χ1v) is 14.1. The molecule has 1 spiro atoms. The van der Waals surface area contributed by atoms with Gasteiger partial charge in [-0.15, -0.1) is 0 Å². The number of nitrogens with one attached hydrogen (secondary N) is 2. The van der Waals surface area contributed by atoms with E-state index in [0.717, 1.165) is 0 Å². The van der Waals surface area contributed by atoms with E-state index in [1.165, 1.54) is 33.5 Å². The van der Waals surface area contributed by atoms with Gasteiger partial charge in [0.1, 0.15) is 27.9 Å². The van der Waals surface area contributed by atoms with Crippen LogP contribution >= 0.6 is 11.6 Å². The summed E-state index contributed by atoms with van der Waals surface area (Å²) in [6.07, 6.45) is 0.142. The number of Topliss-reactive ketones (excluding diaryl/α,β-unsaturated/α-hetero) is 2. The Kier molecular flexibility index (Phi) is 7.11. The highest BCUT2D eigenvalue weighted by atomic mass is 35.5. The topological polar surface area (TPSA) is 207 Å². The minimum absolute atomic E-state index is 0.00415. The van der Waals surface area contributed by atoms with Crippen molar-refractivity contribution < 1.29 is 38.1 Å². The predicted molar refractivity (Wildman–Crippen MR) is 160 cm³/mol. The van der Waals surface area contributed by atoms with E-state index in [-0.39, 0.29) is 68.7 Å². The van der Waals surface area contributed by atoms with E-state index in [1.807, 2.05) is 0 Å². The highest BCUT2D eigenvalue weighted by molar-refractivity contribution is 6.36. The van der Waals surface area contributed by atoms with Gasteiger partial charge in [-0.1, -0.05) is 24.6 Å². The summed E-state index contributed by atoms with van der Waals surface area (Å²) < 4.78 is 28.1. The third-order valence-corrected chi connectivity index (χ3v) is 8.60. The summed E-state index contributed by atoms with van der Waals surface area (Å²) >= 11 is 6.59. The number of benzene rings is 2. The molecule has 0 saturated heterocycles. The molecular weight excluding hydrogens is 610 g/mol. The zero-order valence-electron chi connectivity index (χ0n) is 24.5. The monoisotopic (exact) mass is 637 g/mol. The lowest BCUT2D eigenvalue weighted by Crippen LogP contribution is -2.58. The van der Waals surface area contributed by atoms with Gasteiger partial charge < -0.3 is 40.5 Å². The second-order valence-electron chi connectivity index (χ2n) is 10.7. The zero-order chi connectivity index (χ0) is 32.4. The normalized spacial score (nSPS) is 21.4. The van der Waals surface area contributed by atoms with Crippen LogP contribution in [0.25, 0.3) is 0 Å². The summed E-state index contributed by atoms with van der Waals surface area (Å²) in [5.74, 6) is -3.17. The Morgan fingerprint density at radius 2 is 1.78 bits per heavy atom. The Bertz CT molecular complexity index is 1910. The molecule has 14 nitrogen and oxygen atoms in total. The number of ketones is 2. The number of nitrogens with two attached hydrogens (primary N) is 2. The van der Waals surface area contributed by atoms with Crippen molar-refractivity contribution in [1.82, 2.24) is 9.97 Å². The number of aromatic nitrogens is 2. The third-order valence-electron chi connectivity index (χ3n) is 8.24. The lowest BCUT2D eigenvalue weighted by atomic mass is 9.66. The van der Waals surface area contributed by atoms with Gasteiger partial charge in [0.2, 0.25) is 23.1 Å². The fraction of sp³-hybridized carbons (Fsp3) is 0.300. The van der Waals surface area contributed by atoms with Gasteiger partial charge in [-0.05, 0) is 24.1 Å². The number of hydrogen-bond acceptors (Lipinski definition) is 12. The Balaban J connectivity index is 1.56. The number of hydrogen-bond donors (Lipinski definition) is 4. The first kappa shape index (κ1) is 29.8. The number of primary amides is 1. The van der Waals surface area contributed by atoms with E-state index < -0.39 is 47.1 Å². The Hall–Kier alpha value is -5.24. The molecule has 45 heavy (non-hydrogen) atoms. The predicted octanol–water partition coefficient (Wildman–Crippen LogP) is 2.33. The second kappa shape index (κ2) is 10.7. The van der Waals surface area contributed by atoms with Crippen molar-refractivity contribution in [3.8, 4) is 28.7 Å². The van der Waals surface area contributed by atoms with Crippen LogP contribution in [-0.2, 0) is 9.59 Å². The molecule has 234 valence electrons. The molecule has 3 aromatic rings. The van der Waals surface area contributed by atoms with Crippen LogP contribution in [0, 0.1) is 5.92 Å². The smallest absolute Gasteiger partial charge is 0.258 e. The molecule has 1 unspecified atom stereocenters. The molecule has 0 fully saturated rings. The molecule has 3 atom stereocenters. The minimum atomic E-state index is -2.05. The highest BCUT2D eigenvalue weighted by Crippen LogP contribution is 2.56. The number of aromatic amines is 1. The van der Waals surface area contributed by atoms with Crippen LogP contribution in [0.1, 0.15) is 40.7 Å². The fourth-order valence-corrected chi connectivity index (χ4v) is 6.50. The van der Waals surface area contributed by atoms with Crippen LogP contribution in [0.4, 0.5) is 11.8 Å². The highest BCUT2D eigenvalue weighted by Gasteiger charge is 2.63. The summed E-state index contributed by atoms with van der Waals surface area (Å²) in [6, 6.07) is 6.16. The molecule has 1 amide bonds. The number of fused-ring (bicyclic) bond motifs is 2. The van der Waals surface area contributed by atoms with Crippen LogP contribution in [0.15, 0.2) is 40.3 Å². The average Bonchev–Trinajstić information content (AvgIpc) is 3.32. The molecule has 2 aromatic carbocycles. The van der Waals surface area contributed by atoms with Gasteiger partial charge in [-0.2, -0.15) is 4.98 Å². The molecule has 3 heterocycles. The summed E-state index contributed by atoms with van der Waals surface area (Å²) in [4.78, 5) is 61.0. The second-order valence-corrected chi connectivity index (χ2v) is 11.1. The number of H-pyrrole nitrogens is 1. The summed E-state index contributed by atoms with van der Waals surface area (Å²) in [7, 11) is 4.18. The molecular formula is C30H28ClN5O9. The summed E-state index contributed by atoms with van der Waals surface area (Å²) in [6.45, 7) is 1.25. The number of allylic oxidation sites excluding steroid dienone is 1. The van der Waals surface area contributed by atoms with Gasteiger partial charge in [0.15, 0.2) is 23.9 Å². The molecule has 2 aliphatic heterocycles. The average molecular weight is 638 g/mol. The molecule has 6 N–H and O–H groups in total. The number of carbonyl (C=O) groups excluding carboxylic acids is 3. The number of amides is 1. The standard InChI is InChI=1S/C30H28ClN5O9/c1-11-7-13-20(25(38)30(11)26(39)21-16(42-3)9-17(43-4)23(31)24(21)45-30)19(22-27(34-13)35-29(33)36-28(22)40)12-5-6-14(41-2)15(8-12)44-10-18(32)37/h5-6,8-9,11,19H,7,10H2,1-4H3,(H2,32,37)(H4,33,34,35,36,40)/t11-,19?,30+/m1/s1. The zero-order valence-corrected chi connectivity index (χ0v) is 25.3. The van der Waals surface area contributed by atoms with E-state index in [1.54, 1.807) is 19.1 Å². The van der Waals surface area contributed by atoms with E-state index in [0.29, 0.717) is 11.3 Å². The van der Waals surface area contributed by atoms with Crippen LogP contribution in [0.2, 0.25) is 5.02 Å². The maximum absolute atomic E-state index is 14.9. The first-order valence-electron chi connectivity index (χ1n) is 13.7. The summed E-state index contributed by atoms with van der Waals surface area (Å²) in [5.41, 5.74) is 9.47. The van der Waals surface area contributed by atoms with Gasteiger partial charge in [0, 0.05) is 29.2 Å². The molecule has 0 radical (unpaired) electrons. The van der Waals surface area contributed by atoms with Crippen LogP contribution in [-0.4, -0.2) is 61.0 Å². The van der Waals surface area contributed by atoms with E-state index >= 15 is 0 Å². The molecule has 6 rings (SSSR count). The first-order chi connectivity index (χ1) is 21.5. The lowest BCUT2D eigenvalue weighted by Gasteiger charge is -2.42. The van der Waals surface area contributed by atoms with Crippen LogP contribution in [0.5, 0.6) is 28.7 Å². The van der Waals surface area contributed by atoms with E-state index in [4.69, 9.17) is 46.8 Å². The Morgan fingerprint density at radius 3 is 2.44 bits per heavy atom. The minimum Gasteiger partial charge on any atom is -0.496 e. The van der Waals surface area contributed by atoms with Crippen LogP contribution < -0.4 is 46.0 Å². The number of ether oxygens (including phenoxy) is 5. The third kappa shape index (κ3) is 4.35. The van der Waals surface area contributed by atoms with Crippen molar-refractivity contribution >= 4 is 40.8 Å². The number of halogens is 1. The van der Waals surface area contributed by atoms with Crippen molar-refractivity contribution in [1.29, 1.82) is 0 Å². The Labute approximate surface area is 260 Å². The summed E-state index contributed by atoms with van der Waals surface area (Å²) in [5, 5.41) is 3.11. The van der Waals surface area contributed by atoms with Crippen molar-refractivity contribution in [2.75, 3.05) is 39.0 Å². The Morgan fingerprint density at radius 1 is 1.07 bits per heavy atom. The number of anilines is 2. The van der Waals surface area contributed by atoms with Crippen LogP contribution in [0.3, 0.4) is 0 Å². The number of rotatable bonds is 7. The van der Waals surface area contributed by atoms with Crippen molar-refractivity contribution in [2.24, 2.45) is 11.7 Å². The van der Waals surface area contributed by atoms with Gasteiger partial charge in [0.05, 0.1) is 26.9 Å². The fourth-order valence-electron chi connectivity index (χ4n) is 6.24. The number of methoxy groups -OCH3 is 3. The molecule has 0 saturated carbocycles. The maximum Gasteiger partial charge on any atom is 0.258 e. The van der Waals surface area contributed by atoms with Gasteiger partial charge in [-0.25, -0.2) is 0 Å². The number of nitrogen functional groups attached to an aromatic ring is 1. The SMILES string of the molecule is COc1ccc(C2C3=C(C[C@@H](C)[C@]4(Oc5c(Cl)c(OC)cc(OC)c5C4=O)C3=O)Nc3nc(N)[nH]c(=O)c32)cc1OCC(N)=O. The van der Waals surface area contributed by atoms with Gasteiger partial charge >= 0.3 is 0 Å². The number of carbonyl (C=O) groups is 3. The van der Waals surface area contributed by atoms with Crippen molar-refractivity contribution in [3.05, 3.63) is 67.6 Å².